The summed E-state index contributed by atoms with van der Waals surface area (Å²) in [6, 6.07) is 7.89. The SMILES string of the molecule is O=C1CCC(c2ccc(NCCCCCCCN3CCC(F)(F)CC3)cc2)C(=O)N1. The Labute approximate surface area is 177 Å². The predicted octanol–water partition coefficient (Wildman–Crippen LogP) is 4.30. The number of carbonyl (C=O) groups is 2. The van der Waals surface area contributed by atoms with Crippen LogP contribution in [0.1, 0.15) is 69.3 Å². The lowest BCUT2D eigenvalue weighted by atomic mass is 9.90. The van der Waals surface area contributed by atoms with Crippen LogP contribution in [-0.4, -0.2) is 48.8 Å². The highest BCUT2D eigenvalue weighted by molar-refractivity contribution is 6.00. The van der Waals surface area contributed by atoms with Crippen LogP contribution in [0.3, 0.4) is 0 Å². The van der Waals surface area contributed by atoms with Crippen molar-refractivity contribution in [2.75, 3.05) is 31.5 Å². The number of rotatable bonds is 10. The molecule has 0 spiro atoms. The van der Waals surface area contributed by atoms with Crippen LogP contribution in [-0.2, 0) is 9.59 Å². The second-order valence-electron chi connectivity index (χ2n) is 8.52. The van der Waals surface area contributed by atoms with E-state index in [1.54, 1.807) is 0 Å². The van der Waals surface area contributed by atoms with E-state index in [2.05, 4.69) is 15.5 Å². The minimum Gasteiger partial charge on any atom is -0.385 e. The molecule has 1 aromatic carbocycles. The van der Waals surface area contributed by atoms with Crippen molar-refractivity contribution >= 4 is 17.5 Å². The summed E-state index contributed by atoms with van der Waals surface area (Å²) in [5, 5.41) is 5.81. The predicted molar refractivity (Wildman–Crippen MR) is 114 cm³/mol. The van der Waals surface area contributed by atoms with Gasteiger partial charge in [-0.2, -0.15) is 0 Å². The maximum absolute atomic E-state index is 13.1. The lowest BCUT2D eigenvalue weighted by molar-refractivity contribution is -0.134. The average molecular weight is 422 g/mol. The minimum atomic E-state index is -2.45. The van der Waals surface area contributed by atoms with Crippen LogP contribution in [0.2, 0.25) is 0 Å². The molecule has 3 rings (SSSR count). The van der Waals surface area contributed by atoms with E-state index < -0.39 is 5.92 Å². The van der Waals surface area contributed by atoms with Crippen LogP contribution in [0.15, 0.2) is 24.3 Å². The number of nitrogens with zero attached hydrogens (tertiary/aromatic N) is 1. The third kappa shape index (κ3) is 7.04. The van der Waals surface area contributed by atoms with E-state index in [4.69, 9.17) is 0 Å². The van der Waals surface area contributed by atoms with Crippen molar-refractivity contribution < 1.29 is 18.4 Å². The van der Waals surface area contributed by atoms with Crippen molar-refractivity contribution in [1.29, 1.82) is 0 Å². The third-order valence-corrected chi connectivity index (χ3v) is 6.12. The Bertz CT molecular complexity index is 699. The number of hydrogen-bond acceptors (Lipinski definition) is 4. The van der Waals surface area contributed by atoms with E-state index in [0.29, 0.717) is 25.9 Å². The first-order valence-corrected chi connectivity index (χ1v) is 11.2. The monoisotopic (exact) mass is 421 g/mol. The fraction of sp³-hybridized carbons (Fsp3) is 0.652. The van der Waals surface area contributed by atoms with Gasteiger partial charge < -0.3 is 10.2 Å². The molecule has 1 atom stereocenters. The number of alkyl halides is 2. The lowest BCUT2D eigenvalue weighted by Gasteiger charge is -2.31. The third-order valence-electron chi connectivity index (χ3n) is 6.12. The van der Waals surface area contributed by atoms with Crippen LogP contribution in [0.25, 0.3) is 0 Å². The van der Waals surface area contributed by atoms with E-state index in [0.717, 1.165) is 50.0 Å². The van der Waals surface area contributed by atoms with Gasteiger partial charge in [0.15, 0.2) is 0 Å². The molecular weight excluding hydrogens is 388 g/mol. The molecular formula is C23H33F2N3O2. The molecule has 0 saturated carbocycles. The standard InChI is InChI=1S/C23H33F2N3O2/c24-23(25)12-16-28(17-13-23)15-5-3-1-2-4-14-26-19-8-6-18(7-9-19)20-10-11-21(29)27-22(20)30/h6-9,20,26H,1-5,10-17H2,(H,27,29,30). The van der Waals surface area contributed by atoms with Crippen molar-refractivity contribution in [3.63, 3.8) is 0 Å². The fourth-order valence-corrected chi connectivity index (χ4v) is 4.17. The topological polar surface area (TPSA) is 61.4 Å². The highest BCUT2D eigenvalue weighted by atomic mass is 19.3. The molecule has 0 bridgehead atoms. The Morgan fingerprint density at radius 2 is 1.67 bits per heavy atom. The molecule has 2 heterocycles. The summed E-state index contributed by atoms with van der Waals surface area (Å²) in [5.74, 6) is -3.08. The molecule has 7 heteroatoms. The van der Waals surface area contributed by atoms with Crippen LogP contribution in [0.5, 0.6) is 0 Å². The number of nitrogens with one attached hydrogen (secondary N) is 2. The normalized spacial score (nSPS) is 22.0. The van der Waals surface area contributed by atoms with Crippen molar-refractivity contribution in [1.82, 2.24) is 10.2 Å². The molecule has 166 valence electrons. The summed E-state index contributed by atoms with van der Waals surface area (Å²) in [6.07, 6.45) is 6.62. The summed E-state index contributed by atoms with van der Waals surface area (Å²) in [7, 11) is 0. The van der Waals surface area contributed by atoms with E-state index in [-0.39, 0.29) is 30.6 Å². The van der Waals surface area contributed by atoms with Crippen molar-refractivity contribution in [2.45, 2.75) is 69.6 Å². The zero-order chi connectivity index (χ0) is 21.4. The molecule has 0 radical (unpaired) electrons. The quantitative estimate of drug-likeness (QED) is 0.437. The first-order valence-electron chi connectivity index (χ1n) is 11.2. The molecule has 30 heavy (non-hydrogen) atoms. The number of unbranched alkanes of at least 4 members (excludes halogenated alkanes) is 4. The van der Waals surface area contributed by atoms with Crippen LogP contribution >= 0.6 is 0 Å². The molecule has 5 nitrogen and oxygen atoms in total. The number of amides is 2. The highest BCUT2D eigenvalue weighted by Crippen LogP contribution is 2.28. The largest absolute Gasteiger partial charge is 0.385 e. The number of piperidine rings is 2. The van der Waals surface area contributed by atoms with Gasteiger partial charge in [-0.05, 0) is 43.5 Å². The fourth-order valence-electron chi connectivity index (χ4n) is 4.17. The van der Waals surface area contributed by atoms with E-state index in [1.165, 1.54) is 6.42 Å². The summed E-state index contributed by atoms with van der Waals surface area (Å²) in [6.45, 7) is 2.89. The van der Waals surface area contributed by atoms with Crippen molar-refractivity contribution in [3.05, 3.63) is 29.8 Å². The first kappa shape index (κ1) is 22.7. The Balaban J connectivity index is 1.23. The number of benzene rings is 1. The maximum Gasteiger partial charge on any atom is 0.250 e. The van der Waals surface area contributed by atoms with Gasteiger partial charge in [0.2, 0.25) is 11.8 Å². The number of imide groups is 1. The molecule has 2 amide bonds. The molecule has 0 aromatic heterocycles. The molecule has 2 fully saturated rings. The molecule has 2 saturated heterocycles. The summed E-state index contributed by atoms with van der Waals surface area (Å²) in [4.78, 5) is 25.4. The van der Waals surface area contributed by atoms with Crippen molar-refractivity contribution in [3.8, 4) is 0 Å². The summed E-state index contributed by atoms with van der Waals surface area (Å²) >= 11 is 0. The molecule has 2 aliphatic rings. The van der Waals surface area contributed by atoms with Gasteiger partial charge in [0.1, 0.15) is 0 Å². The van der Waals surface area contributed by atoms with Gasteiger partial charge >= 0.3 is 0 Å². The molecule has 2 N–H and O–H groups in total. The summed E-state index contributed by atoms with van der Waals surface area (Å²) < 4.78 is 26.3. The first-order chi connectivity index (χ1) is 14.4. The Hall–Kier alpha value is -2.02. The number of likely N-dealkylation sites (tertiary alicyclic amines) is 1. The minimum absolute atomic E-state index is 0.00712. The van der Waals surface area contributed by atoms with E-state index in [1.807, 2.05) is 24.3 Å². The molecule has 1 unspecified atom stereocenters. The van der Waals surface area contributed by atoms with Gasteiger partial charge in [0, 0.05) is 44.6 Å². The number of hydrogen-bond donors (Lipinski definition) is 2. The molecule has 0 aliphatic carbocycles. The van der Waals surface area contributed by atoms with Gasteiger partial charge in [0.25, 0.3) is 5.92 Å². The Morgan fingerprint density at radius 1 is 1.00 bits per heavy atom. The second-order valence-corrected chi connectivity index (χ2v) is 8.52. The van der Waals surface area contributed by atoms with Crippen LogP contribution in [0.4, 0.5) is 14.5 Å². The van der Waals surface area contributed by atoms with Gasteiger partial charge in [-0.1, -0.05) is 31.4 Å². The Morgan fingerprint density at radius 3 is 2.37 bits per heavy atom. The highest BCUT2D eigenvalue weighted by Gasteiger charge is 2.33. The molecule has 2 aliphatic heterocycles. The van der Waals surface area contributed by atoms with Gasteiger partial charge in [-0.3, -0.25) is 14.9 Å². The van der Waals surface area contributed by atoms with Crippen molar-refractivity contribution in [2.24, 2.45) is 0 Å². The van der Waals surface area contributed by atoms with Crippen LogP contribution in [0, 0.1) is 0 Å². The van der Waals surface area contributed by atoms with Gasteiger partial charge in [-0.25, -0.2) is 8.78 Å². The van der Waals surface area contributed by atoms with E-state index in [9.17, 15) is 18.4 Å². The van der Waals surface area contributed by atoms with E-state index >= 15 is 0 Å². The second kappa shape index (κ2) is 10.8. The smallest absolute Gasteiger partial charge is 0.250 e. The van der Waals surface area contributed by atoms with Gasteiger partial charge in [-0.15, -0.1) is 0 Å². The lowest BCUT2D eigenvalue weighted by Crippen LogP contribution is -2.39. The zero-order valence-corrected chi connectivity index (χ0v) is 17.6. The summed E-state index contributed by atoms with van der Waals surface area (Å²) in [5.41, 5.74) is 1.98. The number of halogens is 2. The van der Waals surface area contributed by atoms with Crippen LogP contribution < -0.4 is 10.6 Å². The van der Waals surface area contributed by atoms with Gasteiger partial charge in [0.05, 0.1) is 5.92 Å². The number of anilines is 1. The molecule has 1 aromatic rings. The number of carbonyl (C=O) groups excluding carboxylic acids is 2. The Kier molecular flexibility index (Phi) is 8.19. The zero-order valence-electron chi connectivity index (χ0n) is 17.6. The average Bonchev–Trinajstić information content (AvgIpc) is 2.72. The maximum atomic E-state index is 13.1.